The number of rotatable bonds is 3. The van der Waals surface area contributed by atoms with Crippen LogP contribution < -0.4 is 21.7 Å². The number of benzene rings is 1. The third-order valence-electron chi connectivity index (χ3n) is 1.38. The van der Waals surface area contributed by atoms with Crippen LogP contribution in [0.25, 0.3) is 0 Å². The van der Waals surface area contributed by atoms with E-state index in [9.17, 15) is 8.78 Å². The van der Waals surface area contributed by atoms with E-state index >= 15 is 0 Å². The van der Waals surface area contributed by atoms with Crippen LogP contribution in [0.3, 0.4) is 0 Å². The van der Waals surface area contributed by atoms with Gasteiger partial charge in [-0.1, -0.05) is 19.9 Å². The summed E-state index contributed by atoms with van der Waals surface area (Å²) >= 11 is 0. The van der Waals surface area contributed by atoms with E-state index in [1.807, 2.05) is 13.8 Å². The van der Waals surface area contributed by atoms with Crippen molar-refractivity contribution in [3.8, 4) is 5.75 Å². The Kier molecular flexibility index (Phi) is 9.69. The third-order valence-corrected chi connectivity index (χ3v) is 1.38. The predicted molar refractivity (Wildman–Crippen MR) is 51.3 cm³/mol. The molecular weight excluding hydrogens is 278 g/mol. The van der Waals surface area contributed by atoms with Gasteiger partial charge < -0.3 is 21.7 Å². The van der Waals surface area contributed by atoms with Crippen molar-refractivity contribution in [1.29, 1.82) is 0 Å². The second-order valence-corrected chi connectivity index (χ2v) is 3.20. The molecule has 0 radical (unpaired) electrons. The van der Waals surface area contributed by atoms with Gasteiger partial charge in [0.05, 0.1) is 12.4 Å². The monoisotopic (exact) mass is 288 g/mol. The summed E-state index contributed by atoms with van der Waals surface area (Å²) in [7, 11) is 0. The molecule has 0 atom stereocenters. The van der Waals surface area contributed by atoms with Crippen molar-refractivity contribution in [2.75, 3.05) is 6.61 Å². The minimum absolute atomic E-state index is 0. The molecule has 1 rings (SSSR count). The second-order valence-electron chi connectivity index (χ2n) is 3.20. The summed E-state index contributed by atoms with van der Waals surface area (Å²) in [5.74, 6) is -1.07. The molecule has 0 amide bonds. The molecule has 1 nitrogen and oxygen atoms in total. The van der Waals surface area contributed by atoms with Gasteiger partial charge in [-0.2, -0.15) is 0 Å². The van der Waals surface area contributed by atoms with Gasteiger partial charge in [0.2, 0.25) is 0 Å². The fraction of sp³-hybridized carbons (Fsp3) is 0.400. The van der Waals surface area contributed by atoms with Gasteiger partial charge in [0.15, 0.2) is 0 Å². The predicted octanol–water partition coefficient (Wildman–Crippen LogP) is -0.577. The van der Waals surface area contributed by atoms with Crippen LogP contribution in [-0.2, 0) is 0 Å². The fourth-order valence-corrected chi connectivity index (χ4v) is 0.792. The molecule has 1 aromatic rings. The van der Waals surface area contributed by atoms with E-state index in [0.717, 1.165) is 12.1 Å². The van der Waals surface area contributed by atoms with Crippen molar-refractivity contribution in [2.24, 2.45) is 5.92 Å². The maximum absolute atomic E-state index is 12.9. The van der Waals surface area contributed by atoms with E-state index in [-0.39, 0.29) is 45.8 Å². The van der Waals surface area contributed by atoms with Gasteiger partial charge in [0.1, 0.15) is 0 Å². The average Bonchev–Trinajstić information content (AvgIpc) is 2.02. The molecular formula is C10H11BrF2MgO. The van der Waals surface area contributed by atoms with Gasteiger partial charge >= 0.3 is 23.1 Å². The summed E-state index contributed by atoms with van der Waals surface area (Å²) in [5, 5.41) is 0. The quantitative estimate of drug-likeness (QED) is 0.535. The Morgan fingerprint density at radius 1 is 1.40 bits per heavy atom. The summed E-state index contributed by atoms with van der Waals surface area (Å²) in [4.78, 5) is 0. The summed E-state index contributed by atoms with van der Waals surface area (Å²) < 4.78 is 30.4. The van der Waals surface area contributed by atoms with Gasteiger partial charge in [-0.15, -0.1) is 12.1 Å². The van der Waals surface area contributed by atoms with Crippen molar-refractivity contribution in [3.05, 3.63) is 29.8 Å². The largest absolute Gasteiger partial charge is 2.00 e. The number of halogens is 3. The average molecular weight is 289 g/mol. The fourth-order valence-electron chi connectivity index (χ4n) is 0.792. The summed E-state index contributed by atoms with van der Waals surface area (Å²) in [6.45, 7) is 4.29. The third kappa shape index (κ3) is 6.32. The molecule has 0 saturated carbocycles. The Morgan fingerprint density at radius 3 is 2.47 bits per heavy atom. The molecule has 0 aliphatic carbocycles. The topological polar surface area (TPSA) is 9.23 Å². The van der Waals surface area contributed by atoms with Gasteiger partial charge in [0.25, 0.3) is 0 Å². The second kappa shape index (κ2) is 8.30. The molecule has 80 valence electrons. The first-order chi connectivity index (χ1) is 6.09. The summed E-state index contributed by atoms with van der Waals surface area (Å²) in [5.41, 5.74) is 0. The Bertz CT molecular complexity index is 295. The molecule has 5 heteroatoms. The van der Waals surface area contributed by atoms with E-state index in [2.05, 4.69) is 6.07 Å². The molecule has 0 aliphatic rings. The molecule has 0 heterocycles. The molecule has 0 saturated heterocycles. The van der Waals surface area contributed by atoms with E-state index in [1.165, 1.54) is 0 Å². The first kappa shape index (κ1) is 17.5. The minimum Gasteiger partial charge on any atom is -1.00 e. The first-order valence-corrected chi connectivity index (χ1v) is 4.09. The van der Waals surface area contributed by atoms with Crippen molar-refractivity contribution < 1.29 is 30.5 Å². The maximum atomic E-state index is 12.9. The minimum atomic E-state index is -0.708. The zero-order valence-corrected chi connectivity index (χ0v) is 11.7. The van der Waals surface area contributed by atoms with Gasteiger partial charge in [-0.05, 0) is 5.92 Å². The van der Waals surface area contributed by atoms with Gasteiger partial charge in [-0.3, -0.25) is 8.78 Å². The molecule has 0 spiro atoms. The Labute approximate surface area is 115 Å². The molecule has 0 fully saturated rings. The van der Waals surface area contributed by atoms with Crippen molar-refractivity contribution in [3.63, 3.8) is 0 Å². The Hall–Kier alpha value is 0.126. The molecule has 0 N–H and O–H groups in total. The van der Waals surface area contributed by atoms with Gasteiger partial charge in [0, 0.05) is 11.6 Å². The SMILES string of the molecule is CC(C)COc1[c-]cc(F)cc1F.[Br-].[Mg+2]. The van der Waals surface area contributed by atoms with Crippen molar-refractivity contribution in [2.45, 2.75) is 13.8 Å². The number of ether oxygens (including phenoxy) is 1. The normalized spacial score (nSPS) is 9.13. The smallest absolute Gasteiger partial charge is 1.00 e. The Morgan fingerprint density at radius 2 is 2.00 bits per heavy atom. The van der Waals surface area contributed by atoms with Crippen LogP contribution in [-0.4, -0.2) is 29.7 Å². The van der Waals surface area contributed by atoms with Gasteiger partial charge in [-0.25, -0.2) is 0 Å². The van der Waals surface area contributed by atoms with Crippen LogP contribution in [0.1, 0.15) is 13.8 Å². The van der Waals surface area contributed by atoms with Crippen LogP contribution >= 0.6 is 0 Å². The zero-order valence-electron chi connectivity index (χ0n) is 8.69. The van der Waals surface area contributed by atoms with E-state index in [1.54, 1.807) is 0 Å². The first-order valence-electron chi connectivity index (χ1n) is 4.09. The Balaban J connectivity index is 0. The zero-order chi connectivity index (χ0) is 9.84. The van der Waals surface area contributed by atoms with Crippen molar-refractivity contribution >= 4 is 23.1 Å². The molecule has 15 heavy (non-hydrogen) atoms. The summed E-state index contributed by atoms with van der Waals surface area (Å²) in [6.07, 6.45) is 0. The maximum Gasteiger partial charge on any atom is 2.00 e. The van der Waals surface area contributed by atoms with E-state index in [0.29, 0.717) is 12.5 Å². The van der Waals surface area contributed by atoms with E-state index < -0.39 is 11.6 Å². The van der Waals surface area contributed by atoms with Crippen LogP contribution in [0, 0.1) is 23.6 Å². The van der Waals surface area contributed by atoms with E-state index in [4.69, 9.17) is 4.74 Å². The molecule has 0 unspecified atom stereocenters. The van der Waals surface area contributed by atoms with Crippen LogP contribution in [0.2, 0.25) is 0 Å². The molecule has 0 aromatic heterocycles. The molecule has 1 aromatic carbocycles. The standard InChI is InChI=1S/C10H11F2O.BrH.Mg/c1-7(2)6-13-10-4-3-8(11)5-9(10)12;;/h3,5,7H,6H2,1-2H3;1H;/q-1;;+2/p-1. The van der Waals surface area contributed by atoms with Crippen LogP contribution in [0.15, 0.2) is 12.1 Å². The van der Waals surface area contributed by atoms with Crippen molar-refractivity contribution in [1.82, 2.24) is 0 Å². The van der Waals surface area contributed by atoms with Crippen LogP contribution in [0.5, 0.6) is 5.75 Å². The number of hydrogen-bond acceptors (Lipinski definition) is 1. The summed E-state index contributed by atoms with van der Waals surface area (Å²) in [6, 6.07) is 4.23. The molecule has 0 bridgehead atoms. The number of hydrogen-bond donors (Lipinski definition) is 0. The molecule has 0 aliphatic heterocycles. The van der Waals surface area contributed by atoms with Crippen LogP contribution in [0.4, 0.5) is 8.78 Å².